The number of carbonyl (C=O) groups excluding carboxylic acids is 2. The molecule has 6 unspecified atom stereocenters. The summed E-state index contributed by atoms with van der Waals surface area (Å²) in [5.74, 6) is -2.40. The summed E-state index contributed by atoms with van der Waals surface area (Å²) < 4.78 is 18.7. The van der Waals surface area contributed by atoms with Gasteiger partial charge in [0.1, 0.15) is 17.8 Å². The van der Waals surface area contributed by atoms with Crippen LogP contribution in [0, 0.1) is 111 Å². The fourth-order valence-corrected chi connectivity index (χ4v) is 39.6. The van der Waals surface area contributed by atoms with Gasteiger partial charge in [0.05, 0.1) is 26.3 Å². The molecule has 0 aromatic heterocycles. The van der Waals surface area contributed by atoms with Crippen LogP contribution in [0.4, 0.5) is 0 Å². The molecule has 41 heavy (non-hydrogen) atoms. The minimum Gasteiger partial charge on any atom is -0.849 e. The third-order valence-corrected chi connectivity index (χ3v) is 31.0. The molecule has 1 saturated heterocycles. The van der Waals surface area contributed by atoms with E-state index in [1.54, 1.807) is 6.92 Å². The van der Waals surface area contributed by atoms with Crippen LogP contribution in [0.15, 0.2) is 11.6 Å². The topological polar surface area (TPSA) is 125 Å². The molecule has 13 atom stereocenters. The molecule has 0 spiro atoms. The summed E-state index contributed by atoms with van der Waals surface area (Å²) in [6.07, 6.45) is -2.32. The first kappa shape index (κ1) is 46.2. The van der Waals surface area contributed by atoms with Crippen LogP contribution >= 0.6 is 57.2 Å². The number of aliphatic hydroxyl groups is 2. The van der Waals surface area contributed by atoms with E-state index in [0.717, 1.165) is 5.57 Å². The zero-order chi connectivity index (χ0) is 29.0. The summed E-state index contributed by atoms with van der Waals surface area (Å²) in [5.41, 5.74) is -2.62. The molecule has 224 valence electrons. The third-order valence-electron chi connectivity index (χ3n) is 8.55. The minimum absolute atomic E-state index is 0. The van der Waals surface area contributed by atoms with Crippen molar-refractivity contribution in [3.05, 3.63) is 11.6 Å². The standard InChI is InChI=1S/C23H42O8P7.2Ac.Li/c1-11-9-21(4,5)14(7-15(11)26)18(30-13(3)25)19-22(6,20(27)12(2)24)16(8-17-23(19,28)10-29-17)31-36(37(32)33)38(34)35;;;/h9,14-20,27-28H,7-8,10,32-35H2,1-6H3;;;/q-1;;;+1/t14?,15-,16-,17+,18+,19?,20+,22+,23-;;;/m0.../s1. The van der Waals surface area contributed by atoms with Crippen molar-refractivity contribution >= 4 is 69.0 Å². The average molecular weight is 1120 g/mol. The SMILES string of the molecule is CC(=O)O[C@H](C1C[C@H]([O-])C(C)=CC1(C)C)C1[C@](C)([C@H](O)C(C)=O)[C@@H](OP(P(P)P)P(P)P)C[C@H]2OC[C@@]12O.[Ac].[Ac].[Li+]. The number of Topliss-reactive ketones (excluding diaryl/α,β-unsaturated/α-hetero) is 1. The van der Waals surface area contributed by atoms with Gasteiger partial charge in [-0.1, -0.05) is 38.8 Å². The largest absolute Gasteiger partial charge is 1.00 e. The molecule has 2 fully saturated rings. The second kappa shape index (κ2) is 18.4. The van der Waals surface area contributed by atoms with Crippen molar-refractivity contribution in [3.63, 3.8) is 0 Å². The second-order valence-corrected chi connectivity index (χ2v) is 35.2. The number of rotatable bonds is 9. The van der Waals surface area contributed by atoms with Gasteiger partial charge in [-0.15, -0.1) is 41.8 Å². The van der Waals surface area contributed by atoms with Crippen molar-refractivity contribution < 1.29 is 146 Å². The normalized spacial score (nSPS) is 35.5. The van der Waals surface area contributed by atoms with Gasteiger partial charge >= 0.3 is 24.8 Å². The number of carbonyl (C=O) groups is 2. The van der Waals surface area contributed by atoms with Crippen LogP contribution in [0.2, 0.25) is 0 Å². The molecule has 0 aromatic carbocycles. The maximum Gasteiger partial charge on any atom is 1.00 e. The molecule has 2 aliphatic carbocycles. The van der Waals surface area contributed by atoms with Crippen LogP contribution in [-0.4, -0.2) is 64.7 Å². The van der Waals surface area contributed by atoms with Crippen LogP contribution in [0.3, 0.4) is 0 Å². The first-order chi connectivity index (χ1) is 17.4. The predicted octanol–water partition coefficient (Wildman–Crippen LogP) is 1.49. The van der Waals surface area contributed by atoms with Crippen molar-refractivity contribution in [3.8, 4) is 0 Å². The Kier molecular flexibility index (Phi) is 20.7. The van der Waals surface area contributed by atoms with E-state index >= 15 is 0 Å². The molecule has 3 aliphatic rings. The molecule has 0 bridgehead atoms. The van der Waals surface area contributed by atoms with Gasteiger partial charge in [-0.3, -0.25) is 9.59 Å². The average Bonchev–Trinajstić information content (AvgIpc) is 2.77. The Balaban J connectivity index is 0.00000533. The molecular weight excluding hydrogens is 1080 g/mol. The van der Waals surface area contributed by atoms with Crippen LogP contribution in [-0.2, 0) is 23.6 Å². The third kappa shape index (κ3) is 9.91. The van der Waals surface area contributed by atoms with Gasteiger partial charge in [0.2, 0.25) is 0 Å². The van der Waals surface area contributed by atoms with Gasteiger partial charge in [0, 0.05) is 119 Å². The zero-order valence-corrected chi connectivity index (χ0v) is 41.7. The Bertz CT molecular complexity index is 959. The fourth-order valence-electron chi connectivity index (χ4n) is 6.68. The fraction of sp³-hybridized carbons (Fsp3) is 0.826. The number of allylic oxidation sites excluding steroid dienone is 1. The maximum atomic E-state index is 13.0. The summed E-state index contributed by atoms with van der Waals surface area (Å²) in [7, 11) is 10.3. The number of ether oxygens (including phenoxy) is 2. The van der Waals surface area contributed by atoms with Gasteiger partial charge in [0.15, 0.2) is 5.78 Å². The molecule has 3 rings (SSSR count). The smallest absolute Gasteiger partial charge is 0.849 e. The Morgan fingerprint density at radius 2 is 1.66 bits per heavy atom. The Morgan fingerprint density at radius 1 is 1.12 bits per heavy atom. The Hall–Kier alpha value is 5.17. The molecule has 18 heteroatoms. The van der Waals surface area contributed by atoms with Crippen LogP contribution in [0.5, 0.6) is 0 Å². The molecule has 0 amide bonds. The van der Waals surface area contributed by atoms with E-state index in [4.69, 9.17) is 14.0 Å². The van der Waals surface area contributed by atoms with E-state index in [0.29, 0.717) is 0 Å². The number of hydrogen-bond acceptors (Lipinski definition) is 8. The van der Waals surface area contributed by atoms with Crippen LogP contribution in [0.1, 0.15) is 54.4 Å². The summed E-state index contributed by atoms with van der Waals surface area (Å²) in [6, 6.07) is 0. The van der Waals surface area contributed by atoms with Crippen molar-refractivity contribution in [2.75, 3.05) is 6.61 Å². The quantitative estimate of drug-likeness (QED) is 0.154. The second-order valence-electron chi connectivity index (χ2n) is 11.6. The van der Waals surface area contributed by atoms with Gasteiger partial charge in [-0.05, 0) is 33.2 Å². The van der Waals surface area contributed by atoms with Gasteiger partial charge in [-0.25, -0.2) is 0 Å². The molecule has 2 N–H and O–H groups in total. The maximum absolute atomic E-state index is 13.0. The van der Waals surface area contributed by atoms with Crippen molar-refractivity contribution in [2.24, 2.45) is 22.7 Å². The van der Waals surface area contributed by atoms with Gasteiger partial charge < -0.3 is 29.3 Å². The minimum atomic E-state index is -1.49. The van der Waals surface area contributed by atoms with Crippen LogP contribution in [0.25, 0.3) is 0 Å². The first-order valence-corrected chi connectivity index (χ1v) is 24.3. The summed E-state index contributed by atoms with van der Waals surface area (Å²) in [6.45, 7) is 8.86. The molecule has 1 heterocycles. The van der Waals surface area contributed by atoms with Crippen molar-refractivity contribution in [2.45, 2.75) is 90.5 Å². The summed E-state index contributed by atoms with van der Waals surface area (Å²) in [5, 5.41) is 36.8. The van der Waals surface area contributed by atoms with Gasteiger partial charge in [-0.2, -0.15) is 0 Å². The Morgan fingerprint density at radius 3 is 2.07 bits per heavy atom. The van der Waals surface area contributed by atoms with Gasteiger partial charge in [0.25, 0.3) is 0 Å². The molecule has 2 radical (unpaired) electrons. The summed E-state index contributed by atoms with van der Waals surface area (Å²) in [4.78, 5) is 25.4. The predicted molar refractivity (Wildman–Crippen MR) is 167 cm³/mol. The summed E-state index contributed by atoms with van der Waals surface area (Å²) >= 11 is 0. The number of esters is 1. The van der Waals surface area contributed by atoms with Crippen LogP contribution < -0.4 is 24.0 Å². The Labute approximate surface area is 341 Å². The van der Waals surface area contributed by atoms with E-state index in [-0.39, 0.29) is 126 Å². The molecule has 1 saturated carbocycles. The number of fused-ring (bicyclic) bond motifs is 1. The first-order valence-electron chi connectivity index (χ1n) is 12.5. The molecule has 8 nitrogen and oxygen atoms in total. The molecule has 1 aliphatic heterocycles. The number of ketones is 1. The van der Waals surface area contributed by atoms with E-state index < -0.39 is 92.0 Å². The number of aliphatic hydroxyl groups excluding tert-OH is 1. The molecular formula is C23H42Ac2LiO8P7. The number of hydrogen-bond donors (Lipinski definition) is 2. The molecule has 0 aromatic rings. The van der Waals surface area contributed by atoms with E-state index in [1.807, 2.05) is 26.8 Å². The van der Waals surface area contributed by atoms with E-state index in [9.17, 15) is 24.9 Å². The van der Waals surface area contributed by atoms with E-state index in [2.05, 4.69) is 35.7 Å². The monoisotopic (exact) mass is 1120 g/mol. The van der Waals surface area contributed by atoms with Crippen molar-refractivity contribution in [1.82, 2.24) is 0 Å². The van der Waals surface area contributed by atoms with E-state index in [1.165, 1.54) is 13.8 Å². The van der Waals surface area contributed by atoms with Crippen molar-refractivity contribution in [1.29, 1.82) is 0 Å². The zero-order valence-electron chi connectivity index (χ0n) is 24.9.